The minimum atomic E-state index is -4.52. The van der Waals surface area contributed by atoms with Crippen LogP contribution in [0.4, 0.5) is 29.3 Å². The predicted molar refractivity (Wildman–Crippen MR) is 95.6 cm³/mol. The van der Waals surface area contributed by atoms with Crippen molar-refractivity contribution in [3.8, 4) is 0 Å². The second kappa shape index (κ2) is 6.68. The number of rotatable bonds is 3. The van der Waals surface area contributed by atoms with Gasteiger partial charge in [0, 0.05) is 17.7 Å². The van der Waals surface area contributed by atoms with Crippen molar-refractivity contribution in [3.05, 3.63) is 53.1 Å². The lowest BCUT2D eigenvalue weighted by molar-refractivity contribution is -0.141. The predicted octanol–water partition coefficient (Wildman–Crippen LogP) is 4.31. The Balaban J connectivity index is 1.63. The molecule has 0 aliphatic carbocycles. The van der Waals surface area contributed by atoms with Gasteiger partial charge in [0.25, 0.3) is 11.1 Å². The van der Waals surface area contributed by atoms with Crippen LogP contribution in [0.1, 0.15) is 11.5 Å². The number of anilines is 2. The topological polar surface area (TPSA) is 97.1 Å². The Morgan fingerprint density at radius 1 is 1.18 bits per heavy atom. The number of furan rings is 1. The van der Waals surface area contributed by atoms with Crippen molar-refractivity contribution >= 4 is 51.3 Å². The van der Waals surface area contributed by atoms with Gasteiger partial charge < -0.3 is 9.73 Å². The van der Waals surface area contributed by atoms with Crippen LogP contribution in [0, 0.1) is 0 Å². The molecule has 0 atom stereocenters. The molecule has 0 saturated carbocycles. The zero-order chi connectivity index (χ0) is 19.9. The first-order valence-corrected chi connectivity index (χ1v) is 8.54. The molecule has 11 heteroatoms. The number of aromatic nitrogens is 2. The Hall–Kier alpha value is -3.34. The van der Waals surface area contributed by atoms with Crippen LogP contribution in [-0.4, -0.2) is 21.1 Å². The summed E-state index contributed by atoms with van der Waals surface area (Å²) >= 11 is 0.759. The Bertz CT molecular complexity index is 1120. The van der Waals surface area contributed by atoms with Gasteiger partial charge in [-0.2, -0.15) is 13.2 Å². The molecule has 2 amide bonds. The van der Waals surface area contributed by atoms with Gasteiger partial charge in [0.05, 0.1) is 23.0 Å². The highest BCUT2D eigenvalue weighted by atomic mass is 32.2. The molecule has 1 fully saturated rings. The minimum Gasteiger partial charge on any atom is -0.454 e. The summed E-state index contributed by atoms with van der Waals surface area (Å²) in [7, 11) is 0. The number of nitrogens with zero attached hydrogens (tertiary/aromatic N) is 2. The molecule has 3 aromatic heterocycles. The van der Waals surface area contributed by atoms with E-state index < -0.39 is 23.0 Å². The summed E-state index contributed by atoms with van der Waals surface area (Å²) in [6, 6.07) is 3.73. The molecule has 142 valence electrons. The number of pyridine rings is 2. The molecule has 1 saturated heterocycles. The normalized spacial score (nSPS) is 16.0. The van der Waals surface area contributed by atoms with Crippen molar-refractivity contribution in [1.29, 1.82) is 0 Å². The molecule has 0 bridgehead atoms. The third kappa shape index (κ3) is 3.56. The molecule has 0 unspecified atom stereocenters. The van der Waals surface area contributed by atoms with Crippen molar-refractivity contribution < 1.29 is 27.2 Å². The first-order chi connectivity index (χ1) is 13.3. The van der Waals surface area contributed by atoms with E-state index in [1.54, 1.807) is 6.07 Å². The van der Waals surface area contributed by atoms with E-state index in [-0.39, 0.29) is 4.91 Å². The molecule has 28 heavy (non-hydrogen) atoms. The van der Waals surface area contributed by atoms with Crippen molar-refractivity contribution in [2.75, 3.05) is 5.32 Å². The summed E-state index contributed by atoms with van der Waals surface area (Å²) in [5.74, 6) is -0.188. The summed E-state index contributed by atoms with van der Waals surface area (Å²) in [6.45, 7) is 0. The molecule has 0 radical (unpaired) electrons. The lowest BCUT2D eigenvalue weighted by Gasteiger charge is -2.08. The molecular formula is C17H9F3N4O3S. The lowest BCUT2D eigenvalue weighted by atomic mass is 10.2. The molecule has 0 spiro atoms. The number of nitrogens with one attached hydrogen (secondary N) is 2. The van der Waals surface area contributed by atoms with E-state index in [0.717, 1.165) is 24.0 Å². The number of thioether (sulfide) groups is 1. The highest BCUT2D eigenvalue weighted by molar-refractivity contribution is 8.18. The first-order valence-electron chi connectivity index (χ1n) is 7.72. The van der Waals surface area contributed by atoms with Crippen molar-refractivity contribution in [2.24, 2.45) is 0 Å². The molecule has 1 aliphatic rings. The fraction of sp³-hybridized carbons (Fsp3) is 0.0588. The number of fused-ring (bicyclic) bond motifs is 1. The third-order valence-electron chi connectivity index (χ3n) is 3.69. The quantitative estimate of drug-likeness (QED) is 0.626. The Labute approximate surface area is 159 Å². The fourth-order valence-corrected chi connectivity index (χ4v) is 3.15. The number of alkyl halides is 3. The van der Waals surface area contributed by atoms with Crippen LogP contribution in [0.25, 0.3) is 17.0 Å². The number of halogens is 3. The van der Waals surface area contributed by atoms with Gasteiger partial charge in [-0.1, -0.05) is 0 Å². The SMILES string of the molecule is O=C1NC(=O)/C(=C/c2cc3cncc(Nc4ccc(C(F)(F)F)nc4)c3o2)S1. The average Bonchev–Trinajstić information content (AvgIpc) is 3.18. The zero-order valence-corrected chi connectivity index (χ0v) is 14.5. The largest absolute Gasteiger partial charge is 0.454 e. The summed E-state index contributed by atoms with van der Waals surface area (Å²) < 4.78 is 43.5. The van der Waals surface area contributed by atoms with Gasteiger partial charge in [-0.05, 0) is 30.0 Å². The minimum absolute atomic E-state index is 0.193. The highest BCUT2D eigenvalue weighted by Crippen LogP contribution is 2.32. The van der Waals surface area contributed by atoms with Gasteiger partial charge >= 0.3 is 6.18 Å². The molecule has 7 nitrogen and oxygen atoms in total. The molecule has 2 N–H and O–H groups in total. The van der Waals surface area contributed by atoms with E-state index in [0.29, 0.717) is 28.1 Å². The van der Waals surface area contributed by atoms with Crippen LogP contribution in [0.3, 0.4) is 0 Å². The lowest BCUT2D eigenvalue weighted by Crippen LogP contribution is -2.17. The standard InChI is InChI=1S/C17H9F3N4O3S/c18-17(19,20)13-2-1-9(6-22-13)23-11-7-21-5-8-3-10(27-14(8)11)4-12-15(25)24-16(26)28-12/h1-7,23H,(H,24,25,26)/b12-4-. The van der Waals surface area contributed by atoms with Crippen LogP contribution in [0.2, 0.25) is 0 Å². The number of imide groups is 1. The number of hydrogen-bond acceptors (Lipinski definition) is 7. The average molecular weight is 406 g/mol. The van der Waals surface area contributed by atoms with Gasteiger partial charge in [-0.3, -0.25) is 19.9 Å². The first kappa shape index (κ1) is 18.0. The second-order valence-corrected chi connectivity index (χ2v) is 6.68. The van der Waals surface area contributed by atoms with Crippen molar-refractivity contribution in [3.63, 3.8) is 0 Å². The maximum absolute atomic E-state index is 12.6. The Kier molecular flexibility index (Phi) is 4.30. The highest BCUT2D eigenvalue weighted by Gasteiger charge is 2.32. The van der Waals surface area contributed by atoms with Crippen LogP contribution in [-0.2, 0) is 11.0 Å². The monoisotopic (exact) mass is 406 g/mol. The zero-order valence-electron chi connectivity index (χ0n) is 13.7. The molecular weight excluding hydrogens is 397 g/mol. The van der Waals surface area contributed by atoms with Crippen molar-refractivity contribution in [2.45, 2.75) is 6.18 Å². The van der Waals surface area contributed by atoms with Crippen LogP contribution >= 0.6 is 11.8 Å². The van der Waals surface area contributed by atoms with E-state index in [1.807, 2.05) is 0 Å². The van der Waals surface area contributed by atoms with E-state index in [2.05, 4.69) is 20.6 Å². The molecule has 1 aliphatic heterocycles. The second-order valence-electron chi connectivity index (χ2n) is 5.66. The van der Waals surface area contributed by atoms with Gasteiger partial charge in [-0.25, -0.2) is 4.98 Å². The molecule has 3 aromatic rings. The smallest absolute Gasteiger partial charge is 0.433 e. The fourth-order valence-electron chi connectivity index (χ4n) is 2.48. The summed E-state index contributed by atoms with van der Waals surface area (Å²) in [5, 5.41) is 5.18. The number of hydrogen-bond donors (Lipinski definition) is 2. The summed E-state index contributed by atoms with van der Waals surface area (Å²) in [6.07, 6.45) is 0.938. The van der Waals surface area contributed by atoms with E-state index in [4.69, 9.17) is 4.42 Å². The Morgan fingerprint density at radius 2 is 2.00 bits per heavy atom. The third-order valence-corrected chi connectivity index (χ3v) is 4.50. The number of carbonyl (C=O) groups excluding carboxylic acids is 2. The number of carbonyl (C=O) groups is 2. The van der Waals surface area contributed by atoms with Gasteiger partial charge in [0.2, 0.25) is 0 Å². The molecule has 4 rings (SSSR count). The van der Waals surface area contributed by atoms with Gasteiger partial charge in [0.1, 0.15) is 17.1 Å². The van der Waals surface area contributed by atoms with E-state index in [9.17, 15) is 22.8 Å². The summed E-state index contributed by atoms with van der Waals surface area (Å²) in [4.78, 5) is 30.5. The molecule has 0 aromatic carbocycles. The maximum atomic E-state index is 12.6. The van der Waals surface area contributed by atoms with Crippen LogP contribution in [0.5, 0.6) is 0 Å². The van der Waals surface area contributed by atoms with Crippen LogP contribution < -0.4 is 10.6 Å². The maximum Gasteiger partial charge on any atom is 0.433 e. The van der Waals surface area contributed by atoms with Gasteiger partial charge in [0.15, 0.2) is 5.58 Å². The van der Waals surface area contributed by atoms with E-state index in [1.165, 1.54) is 24.5 Å². The van der Waals surface area contributed by atoms with Crippen LogP contribution in [0.15, 0.2) is 46.1 Å². The summed E-state index contributed by atoms with van der Waals surface area (Å²) in [5.41, 5.74) is 0.109. The van der Waals surface area contributed by atoms with Gasteiger partial charge in [-0.15, -0.1) is 0 Å². The van der Waals surface area contributed by atoms with E-state index >= 15 is 0 Å². The van der Waals surface area contributed by atoms with Crippen molar-refractivity contribution in [1.82, 2.24) is 15.3 Å². The molecule has 4 heterocycles. The number of amides is 2. The Morgan fingerprint density at radius 3 is 2.64 bits per heavy atom.